The smallest absolute Gasteiger partial charge is 0.410 e. The zero-order chi connectivity index (χ0) is 20.9. The molecule has 1 saturated heterocycles. The highest BCUT2D eigenvalue weighted by atomic mass is 16.6. The molecule has 5 heteroatoms. The number of aryl methyl sites for hydroxylation is 3. The van der Waals surface area contributed by atoms with Gasteiger partial charge in [0.05, 0.1) is 12.2 Å². The molecule has 0 aliphatic carbocycles. The average molecular weight is 397 g/mol. The maximum absolute atomic E-state index is 12.2. The van der Waals surface area contributed by atoms with Crippen LogP contribution in [-0.2, 0) is 24.0 Å². The Hall–Kier alpha value is -2.56. The van der Waals surface area contributed by atoms with Crippen LogP contribution in [0.4, 0.5) is 4.79 Å². The zero-order valence-corrected chi connectivity index (χ0v) is 18.0. The zero-order valence-electron chi connectivity index (χ0n) is 18.0. The number of aromatic nitrogens is 1. The molecule has 1 fully saturated rings. The lowest BCUT2D eigenvalue weighted by Crippen LogP contribution is -2.55. The van der Waals surface area contributed by atoms with Crippen LogP contribution in [0.25, 0.3) is 0 Å². The van der Waals surface area contributed by atoms with Gasteiger partial charge in [-0.1, -0.05) is 31.2 Å². The van der Waals surface area contributed by atoms with E-state index in [2.05, 4.69) is 36.2 Å². The van der Waals surface area contributed by atoms with Gasteiger partial charge in [-0.3, -0.25) is 4.98 Å². The summed E-state index contributed by atoms with van der Waals surface area (Å²) in [4.78, 5) is 18.3. The normalized spacial score (nSPS) is 16.3. The molecule has 0 N–H and O–H groups in total. The van der Waals surface area contributed by atoms with Crippen LogP contribution in [0.3, 0.4) is 0 Å². The molecule has 0 bridgehead atoms. The highest BCUT2D eigenvalue weighted by Gasteiger charge is 2.35. The second-order valence-corrected chi connectivity index (χ2v) is 8.63. The quantitative estimate of drug-likeness (QED) is 0.673. The number of carbonyl (C=O) groups is 1. The Morgan fingerprint density at radius 2 is 1.90 bits per heavy atom. The number of nitrogens with zero attached hydrogens (tertiary/aromatic N) is 2. The molecule has 1 aliphatic rings. The largest absolute Gasteiger partial charge is 0.490 e. The first-order chi connectivity index (χ1) is 13.8. The number of hydrogen-bond acceptors (Lipinski definition) is 4. The van der Waals surface area contributed by atoms with Gasteiger partial charge in [-0.25, -0.2) is 4.79 Å². The summed E-state index contributed by atoms with van der Waals surface area (Å²) in [5, 5.41) is 0. The van der Waals surface area contributed by atoms with Gasteiger partial charge in [0, 0.05) is 12.7 Å². The Balaban J connectivity index is 1.50. The summed E-state index contributed by atoms with van der Waals surface area (Å²) in [5.74, 6) is 0.751. The lowest BCUT2D eigenvalue weighted by Gasteiger charge is -2.40. The minimum atomic E-state index is -0.479. The van der Waals surface area contributed by atoms with Crippen molar-refractivity contribution < 1.29 is 14.3 Å². The van der Waals surface area contributed by atoms with E-state index in [1.165, 1.54) is 11.1 Å². The first-order valence-corrected chi connectivity index (χ1v) is 10.5. The third-order valence-corrected chi connectivity index (χ3v) is 5.09. The predicted molar refractivity (Wildman–Crippen MR) is 114 cm³/mol. The van der Waals surface area contributed by atoms with Crippen molar-refractivity contribution in [1.82, 2.24) is 9.88 Å². The van der Waals surface area contributed by atoms with E-state index >= 15 is 0 Å². The highest BCUT2D eigenvalue weighted by Crippen LogP contribution is 2.23. The number of ether oxygens (including phenoxy) is 2. The average Bonchev–Trinajstić information content (AvgIpc) is 2.64. The topological polar surface area (TPSA) is 51.7 Å². The van der Waals surface area contributed by atoms with E-state index in [1.54, 1.807) is 11.1 Å². The molecule has 1 atom stereocenters. The summed E-state index contributed by atoms with van der Waals surface area (Å²) >= 11 is 0. The molecular weight excluding hydrogens is 364 g/mol. The number of pyridine rings is 1. The number of benzene rings is 1. The lowest BCUT2D eigenvalue weighted by atomic mass is 10.0. The van der Waals surface area contributed by atoms with E-state index < -0.39 is 5.60 Å². The van der Waals surface area contributed by atoms with Gasteiger partial charge in [0.2, 0.25) is 0 Å². The van der Waals surface area contributed by atoms with Crippen molar-refractivity contribution in [1.29, 1.82) is 0 Å². The van der Waals surface area contributed by atoms with Crippen LogP contribution in [0, 0.1) is 0 Å². The third kappa shape index (κ3) is 6.21. The molecule has 0 saturated carbocycles. The Morgan fingerprint density at radius 1 is 1.14 bits per heavy atom. The van der Waals surface area contributed by atoms with Crippen molar-refractivity contribution in [3.05, 3.63) is 59.4 Å². The molecule has 1 amide bonds. The molecular formula is C24H32N2O3. The van der Waals surface area contributed by atoms with E-state index in [4.69, 9.17) is 9.47 Å². The number of likely N-dealkylation sites (tertiary alicyclic amines) is 1. The van der Waals surface area contributed by atoms with E-state index in [0.29, 0.717) is 6.61 Å². The van der Waals surface area contributed by atoms with Crippen molar-refractivity contribution >= 4 is 6.09 Å². The minimum Gasteiger partial charge on any atom is -0.490 e. The van der Waals surface area contributed by atoms with Crippen molar-refractivity contribution in [2.24, 2.45) is 0 Å². The number of amides is 1. The monoisotopic (exact) mass is 396 g/mol. The fraction of sp³-hybridized carbons (Fsp3) is 0.500. The summed E-state index contributed by atoms with van der Waals surface area (Å²) in [5.41, 5.74) is 3.39. The first kappa shape index (κ1) is 21.2. The van der Waals surface area contributed by atoms with E-state index in [-0.39, 0.29) is 12.1 Å². The van der Waals surface area contributed by atoms with E-state index in [1.807, 2.05) is 33.0 Å². The van der Waals surface area contributed by atoms with E-state index in [0.717, 1.165) is 43.5 Å². The van der Waals surface area contributed by atoms with Gasteiger partial charge >= 0.3 is 6.09 Å². The first-order valence-electron chi connectivity index (χ1n) is 10.5. The van der Waals surface area contributed by atoms with Crippen LogP contribution in [-0.4, -0.2) is 40.8 Å². The summed E-state index contributed by atoms with van der Waals surface area (Å²) in [6, 6.07) is 10.9. The summed E-state index contributed by atoms with van der Waals surface area (Å²) in [6.07, 6.45) is 7.25. The van der Waals surface area contributed by atoms with Crippen molar-refractivity contribution in [3.63, 3.8) is 0 Å². The van der Waals surface area contributed by atoms with Gasteiger partial charge < -0.3 is 14.4 Å². The van der Waals surface area contributed by atoms with Gasteiger partial charge in [0.15, 0.2) is 0 Å². The standard InChI is InChI=1S/C24H32N2O3/c1-5-18-7-6-8-19(13-18)9-10-20-14-22(16-25-15-20)28-17-21-11-12-26(21)23(27)29-24(2,3)4/h6-8,13-16,21H,5,9-12,17H2,1-4H3. The molecule has 1 aromatic carbocycles. The summed E-state index contributed by atoms with van der Waals surface area (Å²) in [7, 11) is 0. The number of hydrogen-bond donors (Lipinski definition) is 0. The molecule has 1 aliphatic heterocycles. The van der Waals surface area contributed by atoms with Crippen LogP contribution in [0.5, 0.6) is 5.75 Å². The summed E-state index contributed by atoms with van der Waals surface area (Å²) < 4.78 is 11.4. The molecule has 5 nitrogen and oxygen atoms in total. The second kappa shape index (κ2) is 9.29. The van der Waals surface area contributed by atoms with Gasteiger partial charge in [-0.15, -0.1) is 0 Å². The minimum absolute atomic E-state index is 0.0605. The fourth-order valence-electron chi connectivity index (χ4n) is 3.34. The van der Waals surface area contributed by atoms with Crippen LogP contribution in [0.2, 0.25) is 0 Å². The molecule has 0 radical (unpaired) electrons. The van der Waals surface area contributed by atoms with Crippen LogP contribution in [0.15, 0.2) is 42.7 Å². The Bertz CT molecular complexity index is 829. The maximum Gasteiger partial charge on any atom is 0.410 e. The second-order valence-electron chi connectivity index (χ2n) is 8.63. The molecule has 1 unspecified atom stereocenters. The van der Waals surface area contributed by atoms with Gasteiger partial charge in [-0.2, -0.15) is 0 Å². The van der Waals surface area contributed by atoms with Crippen molar-refractivity contribution in [2.75, 3.05) is 13.2 Å². The van der Waals surface area contributed by atoms with Gasteiger partial charge in [0.25, 0.3) is 0 Å². The Kier molecular flexibility index (Phi) is 6.78. The van der Waals surface area contributed by atoms with Crippen LogP contribution in [0.1, 0.15) is 50.8 Å². The molecule has 1 aromatic heterocycles. The molecule has 0 spiro atoms. The fourth-order valence-corrected chi connectivity index (χ4v) is 3.34. The highest BCUT2D eigenvalue weighted by molar-refractivity contribution is 5.69. The number of carbonyl (C=O) groups excluding carboxylic acids is 1. The maximum atomic E-state index is 12.2. The van der Waals surface area contributed by atoms with Crippen LogP contribution < -0.4 is 4.74 Å². The lowest BCUT2D eigenvalue weighted by molar-refractivity contribution is -0.0141. The Morgan fingerprint density at radius 3 is 2.59 bits per heavy atom. The molecule has 2 aromatic rings. The predicted octanol–water partition coefficient (Wildman–Crippen LogP) is 4.82. The summed E-state index contributed by atoms with van der Waals surface area (Å²) in [6.45, 7) is 9.00. The molecule has 156 valence electrons. The SMILES string of the molecule is CCc1cccc(CCc2cncc(OCC3CCN3C(=O)OC(C)(C)C)c2)c1. The molecule has 3 rings (SSSR count). The van der Waals surface area contributed by atoms with Crippen LogP contribution >= 0.6 is 0 Å². The molecule has 2 heterocycles. The molecule has 29 heavy (non-hydrogen) atoms. The van der Waals surface area contributed by atoms with Gasteiger partial charge in [-0.05, 0) is 69.2 Å². The van der Waals surface area contributed by atoms with Crippen molar-refractivity contribution in [3.8, 4) is 5.75 Å². The van der Waals surface area contributed by atoms with E-state index in [9.17, 15) is 4.79 Å². The van der Waals surface area contributed by atoms with Crippen molar-refractivity contribution in [2.45, 2.75) is 65.0 Å². The number of rotatable bonds is 7. The third-order valence-electron chi connectivity index (χ3n) is 5.09. The Labute approximate surface area is 174 Å². The van der Waals surface area contributed by atoms with Gasteiger partial charge in [0.1, 0.15) is 18.0 Å².